The Morgan fingerprint density at radius 2 is 1.79 bits per heavy atom. The van der Waals surface area contributed by atoms with Crippen molar-refractivity contribution < 1.29 is 0 Å². The molecule has 0 aliphatic rings. The fourth-order valence-corrected chi connectivity index (χ4v) is 1.45. The van der Waals surface area contributed by atoms with Crippen molar-refractivity contribution in [3.8, 4) is 11.3 Å². The first-order valence-corrected chi connectivity index (χ1v) is 4.32. The monoisotopic (exact) mass is 188 g/mol. The van der Waals surface area contributed by atoms with Gasteiger partial charge in [0.2, 0.25) is 0 Å². The van der Waals surface area contributed by atoms with E-state index in [0.717, 1.165) is 16.9 Å². The van der Waals surface area contributed by atoms with E-state index < -0.39 is 0 Å². The van der Waals surface area contributed by atoms with E-state index in [0.29, 0.717) is 5.69 Å². The van der Waals surface area contributed by atoms with Crippen molar-refractivity contribution in [2.75, 3.05) is 11.5 Å². The van der Waals surface area contributed by atoms with Crippen LogP contribution in [0.1, 0.15) is 0 Å². The van der Waals surface area contributed by atoms with Gasteiger partial charge < -0.3 is 11.5 Å². The molecular weight excluding hydrogens is 176 g/mol. The van der Waals surface area contributed by atoms with E-state index in [-0.39, 0.29) is 0 Å². The van der Waals surface area contributed by atoms with Gasteiger partial charge in [0.15, 0.2) is 0 Å². The lowest BCUT2D eigenvalue weighted by atomic mass is 10.1. The summed E-state index contributed by atoms with van der Waals surface area (Å²) in [6.07, 6.45) is 1.64. The molecule has 4 nitrogen and oxygen atoms in total. The highest BCUT2D eigenvalue weighted by Crippen LogP contribution is 2.25. The average molecular weight is 188 g/mol. The first kappa shape index (κ1) is 8.62. The molecule has 0 fully saturated rings. The fraction of sp³-hybridized carbons (Fsp3) is 0.100. The normalized spacial score (nSPS) is 10.4. The first-order valence-electron chi connectivity index (χ1n) is 4.32. The maximum Gasteiger partial charge on any atom is 0.0908 e. The molecule has 0 saturated carbocycles. The molecule has 0 saturated heterocycles. The molecule has 1 aromatic heterocycles. The number of nitrogen functional groups attached to an aromatic ring is 2. The lowest BCUT2D eigenvalue weighted by Gasteiger charge is -2.03. The summed E-state index contributed by atoms with van der Waals surface area (Å²) in [5.74, 6) is 0. The molecule has 0 atom stereocenters. The molecule has 2 aromatic rings. The molecule has 0 unspecified atom stereocenters. The van der Waals surface area contributed by atoms with Gasteiger partial charge in [-0.1, -0.05) is 12.1 Å². The van der Waals surface area contributed by atoms with Crippen LogP contribution in [0.4, 0.5) is 11.4 Å². The van der Waals surface area contributed by atoms with E-state index in [1.165, 1.54) is 0 Å². The van der Waals surface area contributed by atoms with Gasteiger partial charge in [-0.05, 0) is 12.1 Å². The minimum atomic E-state index is 0.678. The average Bonchev–Trinajstić information content (AvgIpc) is 2.49. The Hall–Kier alpha value is -1.97. The maximum atomic E-state index is 5.80. The van der Waals surface area contributed by atoms with Crippen LogP contribution in [0.3, 0.4) is 0 Å². The zero-order valence-corrected chi connectivity index (χ0v) is 7.94. The van der Waals surface area contributed by atoms with Crippen molar-refractivity contribution in [1.29, 1.82) is 0 Å². The van der Waals surface area contributed by atoms with Crippen LogP contribution in [0, 0.1) is 0 Å². The molecule has 4 N–H and O–H groups in total. The van der Waals surface area contributed by atoms with Gasteiger partial charge in [-0.25, -0.2) is 0 Å². The molecule has 0 spiro atoms. The second kappa shape index (κ2) is 3.06. The maximum absolute atomic E-state index is 5.80. The number of aromatic nitrogens is 2. The Morgan fingerprint density at radius 1 is 1.14 bits per heavy atom. The number of rotatable bonds is 1. The molecule has 0 amide bonds. The zero-order chi connectivity index (χ0) is 10.1. The smallest absolute Gasteiger partial charge is 0.0908 e. The molecule has 1 aromatic carbocycles. The Balaban J connectivity index is 2.54. The van der Waals surface area contributed by atoms with Crippen molar-refractivity contribution in [3.05, 3.63) is 30.5 Å². The number of anilines is 2. The van der Waals surface area contributed by atoms with Gasteiger partial charge in [0.1, 0.15) is 0 Å². The molecule has 1 heterocycles. The molecule has 0 aliphatic carbocycles. The summed E-state index contributed by atoms with van der Waals surface area (Å²) in [6, 6.07) is 7.56. The second-order valence-electron chi connectivity index (χ2n) is 3.19. The third-order valence-corrected chi connectivity index (χ3v) is 2.15. The molecule has 0 radical (unpaired) electrons. The van der Waals surface area contributed by atoms with Crippen molar-refractivity contribution in [2.45, 2.75) is 0 Å². The topological polar surface area (TPSA) is 69.9 Å². The summed E-state index contributed by atoms with van der Waals surface area (Å²) in [7, 11) is 1.86. The Morgan fingerprint density at radius 3 is 2.29 bits per heavy atom. The van der Waals surface area contributed by atoms with E-state index in [1.54, 1.807) is 10.9 Å². The second-order valence-corrected chi connectivity index (χ2v) is 3.19. The standard InChI is InChI=1S/C10H12N4/c1-14-10(9(12)6-13-14)7-2-4-8(11)5-3-7/h2-6H,11-12H2,1H3. The molecule has 0 bridgehead atoms. The van der Waals surface area contributed by atoms with Crippen LogP contribution in [0.15, 0.2) is 30.5 Å². The van der Waals surface area contributed by atoms with E-state index >= 15 is 0 Å². The highest BCUT2D eigenvalue weighted by molar-refractivity contribution is 5.73. The SMILES string of the molecule is Cn1ncc(N)c1-c1ccc(N)cc1. The number of benzene rings is 1. The van der Waals surface area contributed by atoms with Gasteiger partial charge in [-0.2, -0.15) is 5.10 Å². The molecule has 72 valence electrons. The van der Waals surface area contributed by atoms with Crippen LogP contribution < -0.4 is 11.5 Å². The van der Waals surface area contributed by atoms with Gasteiger partial charge >= 0.3 is 0 Å². The van der Waals surface area contributed by atoms with Gasteiger partial charge in [0.05, 0.1) is 17.6 Å². The van der Waals surface area contributed by atoms with E-state index in [9.17, 15) is 0 Å². The first-order chi connectivity index (χ1) is 6.68. The summed E-state index contributed by atoms with van der Waals surface area (Å²) in [5, 5.41) is 4.08. The summed E-state index contributed by atoms with van der Waals surface area (Å²) in [6.45, 7) is 0. The molecule has 0 aliphatic heterocycles. The predicted octanol–water partition coefficient (Wildman–Crippen LogP) is 1.25. The summed E-state index contributed by atoms with van der Waals surface area (Å²) >= 11 is 0. The van der Waals surface area contributed by atoms with E-state index in [2.05, 4.69) is 5.10 Å². The number of nitrogens with zero attached hydrogens (tertiary/aromatic N) is 2. The Bertz CT molecular complexity index is 422. The van der Waals surface area contributed by atoms with Crippen LogP contribution in [0.25, 0.3) is 11.3 Å². The van der Waals surface area contributed by atoms with Crippen LogP contribution in [-0.4, -0.2) is 9.78 Å². The van der Waals surface area contributed by atoms with Gasteiger partial charge in [-0.3, -0.25) is 4.68 Å². The zero-order valence-electron chi connectivity index (χ0n) is 7.94. The predicted molar refractivity (Wildman–Crippen MR) is 57.5 cm³/mol. The van der Waals surface area contributed by atoms with Crippen LogP contribution in [-0.2, 0) is 7.05 Å². The quantitative estimate of drug-likeness (QED) is 0.662. The number of aryl methyl sites for hydroxylation is 1. The number of hydrogen-bond donors (Lipinski definition) is 2. The molecular formula is C10H12N4. The lowest BCUT2D eigenvalue weighted by Crippen LogP contribution is -1.96. The van der Waals surface area contributed by atoms with Gasteiger partial charge in [0.25, 0.3) is 0 Å². The lowest BCUT2D eigenvalue weighted by molar-refractivity contribution is 0.776. The number of hydrogen-bond acceptors (Lipinski definition) is 3. The summed E-state index contributed by atoms with van der Waals surface area (Å²) < 4.78 is 1.75. The Labute approximate surface area is 82.1 Å². The van der Waals surface area contributed by atoms with E-state index in [1.807, 2.05) is 31.3 Å². The largest absolute Gasteiger partial charge is 0.399 e. The fourth-order valence-electron chi connectivity index (χ4n) is 1.45. The minimum absolute atomic E-state index is 0.678. The Kier molecular flexibility index (Phi) is 1.89. The number of nitrogens with two attached hydrogens (primary N) is 2. The van der Waals surface area contributed by atoms with Crippen LogP contribution >= 0.6 is 0 Å². The van der Waals surface area contributed by atoms with Crippen molar-refractivity contribution in [3.63, 3.8) is 0 Å². The molecule has 4 heteroatoms. The van der Waals surface area contributed by atoms with Gasteiger partial charge in [0, 0.05) is 18.3 Å². The minimum Gasteiger partial charge on any atom is -0.399 e. The van der Waals surface area contributed by atoms with Crippen LogP contribution in [0.5, 0.6) is 0 Å². The van der Waals surface area contributed by atoms with Gasteiger partial charge in [-0.15, -0.1) is 0 Å². The van der Waals surface area contributed by atoms with Crippen LogP contribution in [0.2, 0.25) is 0 Å². The van der Waals surface area contributed by atoms with Crippen molar-refractivity contribution >= 4 is 11.4 Å². The summed E-state index contributed by atoms with van der Waals surface area (Å²) in [4.78, 5) is 0. The van der Waals surface area contributed by atoms with Crippen molar-refractivity contribution in [2.24, 2.45) is 7.05 Å². The summed E-state index contributed by atoms with van der Waals surface area (Å²) in [5.41, 5.74) is 14.8. The highest BCUT2D eigenvalue weighted by atomic mass is 15.3. The van der Waals surface area contributed by atoms with E-state index in [4.69, 9.17) is 11.5 Å². The molecule has 2 rings (SSSR count). The van der Waals surface area contributed by atoms with Crippen molar-refractivity contribution in [1.82, 2.24) is 9.78 Å². The molecule has 14 heavy (non-hydrogen) atoms. The highest BCUT2D eigenvalue weighted by Gasteiger charge is 2.06. The third-order valence-electron chi connectivity index (χ3n) is 2.15. The third kappa shape index (κ3) is 1.31.